The average molecular weight is 457 g/mol. The summed E-state index contributed by atoms with van der Waals surface area (Å²) >= 11 is 6.24. The number of hydrogen-bond donors (Lipinski definition) is 1. The number of carbonyl (C=O) groups excluding carboxylic acids is 2. The third-order valence-corrected chi connectivity index (χ3v) is 6.67. The van der Waals surface area contributed by atoms with Crippen molar-refractivity contribution in [2.24, 2.45) is 0 Å². The monoisotopic (exact) mass is 456 g/mol. The smallest absolute Gasteiger partial charge is 0.261 e. The van der Waals surface area contributed by atoms with E-state index in [1.807, 2.05) is 57.2 Å². The van der Waals surface area contributed by atoms with Crippen LogP contribution in [0.1, 0.15) is 54.9 Å². The van der Waals surface area contributed by atoms with Gasteiger partial charge in [-0.1, -0.05) is 54.3 Å². The van der Waals surface area contributed by atoms with Crippen molar-refractivity contribution >= 4 is 23.4 Å². The minimum atomic E-state index is -0.596. The lowest BCUT2D eigenvalue weighted by Gasteiger charge is -2.29. The molecule has 0 bridgehead atoms. The highest BCUT2D eigenvalue weighted by Gasteiger charge is 2.28. The topological polar surface area (TPSA) is 58.6 Å². The van der Waals surface area contributed by atoms with Crippen LogP contribution in [0.15, 0.2) is 36.4 Å². The van der Waals surface area contributed by atoms with Crippen LogP contribution in [0.5, 0.6) is 5.75 Å². The largest absolute Gasteiger partial charge is 0.484 e. The number of amides is 2. The predicted octanol–water partition coefficient (Wildman–Crippen LogP) is 5.12. The van der Waals surface area contributed by atoms with Gasteiger partial charge in [-0.05, 0) is 69.4 Å². The summed E-state index contributed by atoms with van der Waals surface area (Å²) in [5.41, 5.74) is 3.89. The highest BCUT2D eigenvalue weighted by molar-refractivity contribution is 6.32. The number of benzene rings is 2. The Morgan fingerprint density at radius 3 is 2.41 bits per heavy atom. The van der Waals surface area contributed by atoms with E-state index in [0.29, 0.717) is 17.3 Å². The summed E-state index contributed by atoms with van der Waals surface area (Å²) in [5.74, 6) is 0.248. The van der Waals surface area contributed by atoms with E-state index in [-0.39, 0.29) is 24.5 Å². The molecule has 0 saturated heterocycles. The summed E-state index contributed by atoms with van der Waals surface area (Å²) < 4.78 is 5.81. The van der Waals surface area contributed by atoms with Crippen LogP contribution in [0.2, 0.25) is 5.02 Å². The zero-order valence-electron chi connectivity index (χ0n) is 19.4. The Balaban J connectivity index is 1.74. The van der Waals surface area contributed by atoms with Gasteiger partial charge < -0.3 is 15.0 Å². The molecule has 0 radical (unpaired) electrons. The predicted molar refractivity (Wildman–Crippen MR) is 128 cm³/mol. The molecule has 0 spiro atoms. The van der Waals surface area contributed by atoms with Crippen LogP contribution in [0.25, 0.3) is 0 Å². The van der Waals surface area contributed by atoms with Gasteiger partial charge in [-0.2, -0.15) is 0 Å². The van der Waals surface area contributed by atoms with Crippen molar-refractivity contribution in [3.63, 3.8) is 0 Å². The van der Waals surface area contributed by atoms with Crippen molar-refractivity contribution in [3.05, 3.63) is 63.7 Å². The second-order valence-electron chi connectivity index (χ2n) is 8.84. The summed E-state index contributed by atoms with van der Waals surface area (Å²) in [6.45, 7) is 7.82. The first-order chi connectivity index (χ1) is 15.2. The van der Waals surface area contributed by atoms with E-state index in [9.17, 15) is 9.59 Å². The molecule has 0 aliphatic heterocycles. The molecule has 172 valence electrons. The first kappa shape index (κ1) is 24.1. The molecular weight excluding hydrogens is 424 g/mol. The van der Waals surface area contributed by atoms with E-state index in [0.717, 1.165) is 47.9 Å². The molecule has 1 fully saturated rings. The molecule has 5 nitrogen and oxygen atoms in total. The van der Waals surface area contributed by atoms with Gasteiger partial charge in [-0.15, -0.1) is 0 Å². The van der Waals surface area contributed by atoms with Gasteiger partial charge in [0.25, 0.3) is 5.91 Å². The Morgan fingerprint density at radius 1 is 1.12 bits per heavy atom. The Morgan fingerprint density at radius 2 is 1.78 bits per heavy atom. The van der Waals surface area contributed by atoms with E-state index in [4.69, 9.17) is 16.3 Å². The van der Waals surface area contributed by atoms with Gasteiger partial charge >= 0.3 is 0 Å². The van der Waals surface area contributed by atoms with Gasteiger partial charge in [0, 0.05) is 17.6 Å². The molecule has 2 aromatic rings. The number of hydrogen-bond acceptors (Lipinski definition) is 3. The number of nitrogens with one attached hydrogen (secondary N) is 1. The van der Waals surface area contributed by atoms with E-state index in [1.54, 1.807) is 11.8 Å². The van der Waals surface area contributed by atoms with E-state index < -0.39 is 6.04 Å². The fourth-order valence-electron chi connectivity index (χ4n) is 4.20. The second-order valence-corrected chi connectivity index (χ2v) is 9.21. The van der Waals surface area contributed by atoms with Crippen molar-refractivity contribution < 1.29 is 14.3 Å². The molecular formula is C26H33ClN2O3. The minimum absolute atomic E-state index is 0.115. The van der Waals surface area contributed by atoms with Crippen LogP contribution in [0.4, 0.5) is 0 Å². The summed E-state index contributed by atoms with van der Waals surface area (Å²) in [6, 6.07) is 11.2. The van der Waals surface area contributed by atoms with Gasteiger partial charge in [-0.25, -0.2) is 0 Å². The van der Waals surface area contributed by atoms with Crippen LogP contribution < -0.4 is 10.1 Å². The van der Waals surface area contributed by atoms with Crippen LogP contribution in [-0.2, 0) is 16.1 Å². The van der Waals surface area contributed by atoms with E-state index in [2.05, 4.69) is 5.32 Å². The van der Waals surface area contributed by atoms with Gasteiger partial charge in [0.2, 0.25) is 5.91 Å². The molecule has 1 N–H and O–H groups in total. The highest BCUT2D eigenvalue weighted by Crippen LogP contribution is 2.26. The molecule has 0 unspecified atom stereocenters. The SMILES string of the molecule is Cc1cccc(CN(C(=O)COc2cc(C)c(Cl)c(C)c2)[C@H](C)C(=O)NC2CCCC2)c1. The van der Waals surface area contributed by atoms with Crippen molar-refractivity contribution in [2.75, 3.05) is 6.61 Å². The van der Waals surface area contributed by atoms with Gasteiger partial charge in [0.15, 0.2) is 6.61 Å². The summed E-state index contributed by atoms with van der Waals surface area (Å²) in [5, 5.41) is 3.81. The lowest BCUT2D eigenvalue weighted by molar-refractivity contribution is -0.142. The Kier molecular flexibility index (Phi) is 8.19. The summed E-state index contributed by atoms with van der Waals surface area (Å²) in [4.78, 5) is 27.8. The van der Waals surface area contributed by atoms with Crippen molar-refractivity contribution in [2.45, 2.75) is 72.0 Å². The third-order valence-electron chi connectivity index (χ3n) is 6.08. The highest BCUT2D eigenvalue weighted by atomic mass is 35.5. The van der Waals surface area contributed by atoms with Gasteiger partial charge in [0.1, 0.15) is 11.8 Å². The standard InChI is InChI=1S/C26H33ClN2O3/c1-17-8-7-9-21(12-17)15-29(20(4)26(31)28-22-10-5-6-11-22)24(30)16-32-23-13-18(2)25(27)19(3)14-23/h7-9,12-14,20,22H,5-6,10-11,15-16H2,1-4H3,(H,28,31)/t20-/m1/s1. The molecule has 2 aromatic carbocycles. The number of ether oxygens (including phenoxy) is 1. The Hall–Kier alpha value is -2.53. The maximum atomic E-state index is 13.2. The minimum Gasteiger partial charge on any atom is -0.484 e. The second kappa shape index (κ2) is 10.9. The molecule has 3 rings (SSSR count). The van der Waals surface area contributed by atoms with Gasteiger partial charge in [-0.3, -0.25) is 9.59 Å². The molecule has 1 aliphatic rings. The number of aryl methyl sites for hydroxylation is 3. The van der Waals surface area contributed by atoms with E-state index >= 15 is 0 Å². The maximum absolute atomic E-state index is 13.2. The van der Waals surface area contributed by atoms with Crippen LogP contribution in [-0.4, -0.2) is 35.4 Å². The van der Waals surface area contributed by atoms with Crippen molar-refractivity contribution in [1.82, 2.24) is 10.2 Å². The molecule has 1 atom stereocenters. The lowest BCUT2D eigenvalue weighted by atomic mass is 10.1. The fourth-order valence-corrected chi connectivity index (χ4v) is 4.31. The van der Waals surface area contributed by atoms with Crippen LogP contribution >= 0.6 is 11.6 Å². The van der Waals surface area contributed by atoms with Gasteiger partial charge in [0.05, 0.1) is 0 Å². The van der Waals surface area contributed by atoms with E-state index in [1.165, 1.54) is 0 Å². The number of rotatable bonds is 8. The Labute approximate surface area is 196 Å². The third kappa shape index (κ3) is 6.26. The quantitative estimate of drug-likeness (QED) is 0.599. The van der Waals surface area contributed by atoms with Crippen LogP contribution in [0, 0.1) is 20.8 Å². The molecule has 1 aliphatic carbocycles. The fraction of sp³-hybridized carbons (Fsp3) is 0.462. The Bertz CT molecular complexity index is 946. The molecule has 0 heterocycles. The lowest BCUT2D eigenvalue weighted by Crippen LogP contribution is -2.50. The first-order valence-corrected chi connectivity index (χ1v) is 11.7. The zero-order chi connectivity index (χ0) is 23.3. The maximum Gasteiger partial charge on any atom is 0.261 e. The van der Waals surface area contributed by atoms with Crippen LogP contribution in [0.3, 0.4) is 0 Å². The summed E-state index contributed by atoms with van der Waals surface area (Å²) in [6.07, 6.45) is 4.28. The van der Waals surface area contributed by atoms with Crippen molar-refractivity contribution in [3.8, 4) is 5.75 Å². The first-order valence-electron chi connectivity index (χ1n) is 11.3. The number of nitrogens with zero attached hydrogens (tertiary/aromatic N) is 1. The van der Waals surface area contributed by atoms with Crippen molar-refractivity contribution in [1.29, 1.82) is 0 Å². The number of carbonyl (C=O) groups is 2. The molecule has 6 heteroatoms. The normalized spacial score (nSPS) is 14.8. The number of halogens is 1. The average Bonchev–Trinajstić information content (AvgIpc) is 3.26. The molecule has 0 aromatic heterocycles. The summed E-state index contributed by atoms with van der Waals surface area (Å²) in [7, 11) is 0. The molecule has 32 heavy (non-hydrogen) atoms. The molecule has 2 amide bonds. The zero-order valence-corrected chi connectivity index (χ0v) is 20.2. The molecule has 1 saturated carbocycles.